The quantitative estimate of drug-likeness (QED) is 0.0222. The first-order valence-electron chi connectivity index (χ1n) is 39.5. The van der Waals surface area contributed by atoms with Gasteiger partial charge in [-0.1, -0.05) is 343 Å². The normalized spacial score (nSPS) is 14.3. The summed E-state index contributed by atoms with van der Waals surface area (Å²) in [6, 6.07) is 0. The molecule has 6 atom stereocenters. The Balaban J connectivity index is 5.23. The third-order valence-corrected chi connectivity index (χ3v) is 20.0. The van der Waals surface area contributed by atoms with Crippen molar-refractivity contribution in [3.63, 3.8) is 0 Å². The van der Waals surface area contributed by atoms with Gasteiger partial charge in [0.25, 0.3) is 0 Å². The summed E-state index contributed by atoms with van der Waals surface area (Å²) in [6.45, 7) is 9.56. The molecule has 95 heavy (non-hydrogen) atoms. The van der Waals surface area contributed by atoms with Crippen LogP contribution >= 0.6 is 15.6 Å². The van der Waals surface area contributed by atoms with Gasteiger partial charge in [-0.15, -0.1) is 0 Å². The van der Waals surface area contributed by atoms with Gasteiger partial charge >= 0.3 is 39.5 Å². The number of hydrogen-bond donors (Lipinski definition) is 3. The highest BCUT2D eigenvalue weighted by molar-refractivity contribution is 7.47. The van der Waals surface area contributed by atoms with Crippen molar-refractivity contribution < 1.29 is 80.2 Å². The average molecular weight is 1400 g/mol. The van der Waals surface area contributed by atoms with E-state index in [2.05, 4.69) is 41.5 Å². The predicted molar refractivity (Wildman–Crippen MR) is 386 cm³/mol. The molecular formula is C76H148O17P2. The molecule has 0 aliphatic heterocycles. The van der Waals surface area contributed by atoms with Crippen LogP contribution in [0.5, 0.6) is 0 Å². The van der Waals surface area contributed by atoms with Crippen molar-refractivity contribution in [2.45, 2.75) is 413 Å². The Labute approximate surface area is 581 Å². The van der Waals surface area contributed by atoms with Crippen LogP contribution in [0.15, 0.2) is 0 Å². The van der Waals surface area contributed by atoms with Gasteiger partial charge in [0.15, 0.2) is 12.2 Å². The maximum Gasteiger partial charge on any atom is 0.472 e. The van der Waals surface area contributed by atoms with Gasteiger partial charge < -0.3 is 33.8 Å². The fraction of sp³-hybridized carbons (Fsp3) is 0.947. The van der Waals surface area contributed by atoms with E-state index < -0.39 is 97.5 Å². The Bertz CT molecular complexity index is 1840. The maximum absolute atomic E-state index is 13.1. The van der Waals surface area contributed by atoms with E-state index in [4.69, 9.17) is 37.0 Å². The summed E-state index contributed by atoms with van der Waals surface area (Å²) < 4.78 is 68.5. The maximum atomic E-state index is 13.1. The second kappa shape index (κ2) is 67.9. The Morgan fingerprint density at radius 2 is 0.537 bits per heavy atom. The van der Waals surface area contributed by atoms with E-state index in [9.17, 15) is 43.2 Å². The first kappa shape index (κ1) is 93.1. The smallest absolute Gasteiger partial charge is 0.462 e. The summed E-state index contributed by atoms with van der Waals surface area (Å²) in [7, 11) is -9.91. The Kier molecular flexibility index (Phi) is 66.5. The molecule has 3 unspecified atom stereocenters. The van der Waals surface area contributed by atoms with Crippen LogP contribution in [0.1, 0.15) is 395 Å². The van der Waals surface area contributed by atoms with E-state index >= 15 is 0 Å². The second-order valence-corrected chi connectivity index (χ2v) is 31.0. The lowest BCUT2D eigenvalue weighted by molar-refractivity contribution is -0.161. The first-order chi connectivity index (χ1) is 45.9. The van der Waals surface area contributed by atoms with Crippen LogP contribution in [0.3, 0.4) is 0 Å². The van der Waals surface area contributed by atoms with Gasteiger partial charge in [0.1, 0.15) is 19.3 Å². The van der Waals surface area contributed by atoms with Crippen LogP contribution in [0.25, 0.3) is 0 Å². The van der Waals surface area contributed by atoms with Crippen LogP contribution in [0.4, 0.5) is 0 Å². The van der Waals surface area contributed by atoms with Gasteiger partial charge in [0.05, 0.1) is 26.4 Å². The molecule has 0 rings (SSSR count). The lowest BCUT2D eigenvalue weighted by atomic mass is 10.00. The van der Waals surface area contributed by atoms with Crippen molar-refractivity contribution in [3.8, 4) is 0 Å². The topological polar surface area (TPSA) is 237 Å². The zero-order valence-corrected chi connectivity index (χ0v) is 63.8. The number of carbonyl (C=O) groups excluding carboxylic acids is 4. The van der Waals surface area contributed by atoms with Crippen molar-refractivity contribution in [1.82, 2.24) is 0 Å². The number of unbranched alkanes of at least 4 members (excludes halogenated alkanes) is 44. The number of rotatable bonds is 75. The van der Waals surface area contributed by atoms with E-state index in [1.54, 1.807) is 0 Å². The minimum Gasteiger partial charge on any atom is -0.462 e. The molecule has 0 bridgehead atoms. The highest BCUT2D eigenvalue weighted by Crippen LogP contribution is 2.45. The molecule has 0 aromatic carbocycles. The molecule has 0 aromatic rings. The van der Waals surface area contributed by atoms with Gasteiger partial charge in [-0.05, 0) is 37.5 Å². The Morgan fingerprint density at radius 1 is 0.305 bits per heavy atom. The van der Waals surface area contributed by atoms with Crippen LogP contribution < -0.4 is 0 Å². The second-order valence-electron chi connectivity index (χ2n) is 28.1. The van der Waals surface area contributed by atoms with E-state index in [0.29, 0.717) is 25.7 Å². The molecule has 19 heteroatoms. The third kappa shape index (κ3) is 69.0. The van der Waals surface area contributed by atoms with Crippen LogP contribution in [0.2, 0.25) is 0 Å². The number of carbonyl (C=O) groups is 4. The van der Waals surface area contributed by atoms with E-state index in [1.165, 1.54) is 205 Å². The molecule has 0 aliphatic carbocycles. The molecule has 0 saturated heterocycles. The van der Waals surface area contributed by atoms with Crippen LogP contribution in [-0.4, -0.2) is 96.7 Å². The molecule has 0 fully saturated rings. The zero-order valence-electron chi connectivity index (χ0n) is 62.0. The molecule has 0 spiro atoms. The molecule has 0 aliphatic rings. The summed E-state index contributed by atoms with van der Waals surface area (Å²) >= 11 is 0. The SMILES string of the molecule is CCCCCCCCCCCCCCCCCCCCCC(=O)O[C@H](COC(=O)CCCCCCCCCCCCCCC(C)C)COP(=O)(O)OC[C@@H](O)COP(=O)(O)OC[C@@H](COC(=O)CCCCCCCCC(C)CC)OC(=O)CCCCCCCCCCCCC. The van der Waals surface area contributed by atoms with E-state index in [-0.39, 0.29) is 25.7 Å². The molecule has 3 N–H and O–H groups in total. The monoisotopic (exact) mass is 1400 g/mol. The fourth-order valence-electron chi connectivity index (χ4n) is 11.6. The summed E-state index contributed by atoms with van der Waals surface area (Å²) in [5.41, 5.74) is 0. The summed E-state index contributed by atoms with van der Waals surface area (Å²) in [6.07, 6.45) is 55.5. The minimum atomic E-state index is -4.96. The number of ether oxygens (including phenoxy) is 4. The Hall–Kier alpha value is -1.94. The molecule has 17 nitrogen and oxygen atoms in total. The van der Waals surface area contributed by atoms with Crippen LogP contribution in [-0.2, 0) is 65.4 Å². The highest BCUT2D eigenvalue weighted by Gasteiger charge is 2.30. The largest absolute Gasteiger partial charge is 0.472 e. The van der Waals surface area contributed by atoms with Gasteiger partial charge in [-0.25, -0.2) is 9.13 Å². The number of phosphoric ester groups is 2. The van der Waals surface area contributed by atoms with E-state index in [0.717, 1.165) is 108 Å². The lowest BCUT2D eigenvalue weighted by Crippen LogP contribution is -2.30. The molecule has 0 heterocycles. The van der Waals surface area contributed by atoms with Crippen molar-refractivity contribution in [2.75, 3.05) is 39.6 Å². The number of esters is 4. The Morgan fingerprint density at radius 3 is 0.800 bits per heavy atom. The van der Waals surface area contributed by atoms with Crippen molar-refractivity contribution in [2.24, 2.45) is 11.8 Å². The van der Waals surface area contributed by atoms with Crippen molar-refractivity contribution in [3.05, 3.63) is 0 Å². The van der Waals surface area contributed by atoms with Crippen molar-refractivity contribution in [1.29, 1.82) is 0 Å². The number of aliphatic hydroxyl groups is 1. The molecule has 0 radical (unpaired) electrons. The number of aliphatic hydroxyl groups excluding tert-OH is 1. The summed E-state index contributed by atoms with van der Waals surface area (Å²) in [5.74, 6) is -0.603. The molecule has 564 valence electrons. The lowest BCUT2D eigenvalue weighted by Gasteiger charge is -2.21. The van der Waals surface area contributed by atoms with Gasteiger partial charge in [0.2, 0.25) is 0 Å². The van der Waals surface area contributed by atoms with E-state index in [1.807, 2.05) is 0 Å². The fourth-order valence-corrected chi connectivity index (χ4v) is 13.2. The molecule has 0 amide bonds. The molecular weight excluding hydrogens is 1250 g/mol. The molecule has 0 saturated carbocycles. The highest BCUT2D eigenvalue weighted by atomic mass is 31.2. The number of phosphoric acid groups is 2. The predicted octanol–water partition coefficient (Wildman–Crippen LogP) is 22.3. The standard InChI is InChI=1S/C76H148O17P2/c1-7-10-12-14-16-18-20-21-22-23-24-25-26-27-33-37-41-49-55-61-76(81)92-71(64-86-73(78)58-52-46-39-35-32-29-28-31-34-38-44-50-56-68(4)5)66-90-94(82,83)88-62-70(77)63-89-95(84,85)91-67-72(65-87-74(79)59-53-47-43-42-45-51-57-69(6)9-3)93-75(80)60-54-48-40-36-30-19-17-15-13-11-8-2/h68-72,77H,7-67H2,1-6H3,(H,82,83)(H,84,85)/t69?,70-,71-,72-/m1/s1. The number of hydrogen-bond acceptors (Lipinski definition) is 15. The van der Waals surface area contributed by atoms with Crippen molar-refractivity contribution >= 4 is 39.5 Å². The van der Waals surface area contributed by atoms with Gasteiger partial charge in [-0.3, -0.25) is 37.3 Å². The summed E-state index contributed by atoms with van der Waals surface area (Å²) in [5, 5.41) is 10.6. The van der Waals surface area contributed by atoms with Gasteiger partial charge in [-0.2, -0.15) is 0 Å². The average Bonchev–Trinajstić information content (AvgIpc) is 2.62. The third-order valence-electron chi connectivity index (χ3n) is 18.1. The minimum absolute atomic E-state index is 0.106. The molecule has 0 aromatic heterocycles. The zero-order chi connectivity index (χ0) is 70.0. The van der Waals surface area contributed by atoms with Gasteiger partial charge in [0, 0.05) is 25.7 Å². The first-order valence-corrected chi connectivity index (χ1v) is 42.5. The van der Waals surface area contributed by atoms with Crippen LogP contribution in [0, 0.1) is 11.8 Å². The summed E-state index contributed by atoms with van der Waals surface area (Å²) in [4.78, 5) is 72.8.